The Kier molecular flexibility index (Phi) is 4.85. The average molecular weight is 363 g/mol. The molecule has 0 bridgehead atoms. The van der Waals surface area contributed by atoms with Crippen LogP contribution >= 0.6 is 11.6 Å². The van der Waals surface area contributed by atoms with E-state index in [1.807, 2.05) is 0 Å². The molecule has 0 spiro atoms. The Bertz CT molecular complexity index is 802. The number of anilines is 1. The second-order valence-electron chi connectivity index (χ2n) is 5.68. The zero-order valence-corrected chi connectivity index (χ0v) is 14.2. The molecule has 6 nitrogen and oxygen atoms in total. The fourth-order valence-electron chi connectivity index (χ4n) is 2.65. The molecule has 0 radical (unpaired) electrons. The van der Waals surface area contributed by atoms with E-state index in [-0.39, 0.29) is 30.1 Å². The molecule has 2 heterocycles. The highest BCUT2D eigenvalue weighted by molar-refractivity contribution is 6.31. The van der Waals surface area contributed by atoms with Crippen LogP contribution in [0.2, 0.25) is 5.02 Å². The van der Waals surface area contributed by atoms with Gasteiger partial charge in [0.1, 0.15) is 11.9 Å². The molecule has 1 aliphatic heterocycles. The summed E-state index contributed by atoms with van der Waals surface area (Å²) in [5, 5.41) is 2.99. The Labute approximate surface area is 149 Å². The SMILES string of the molecule is CN1C(=O)N(c2cccnc2)C[C@H]1C(=O)NCc1ccc(F)cc1Cl. The molecule has 130 valence electrons. The van der Waals surface area contributed by atoms with Crippen molar-refractivity contribution < 1.29 is 14.0 Å². The van der Waals surface area contributed by atoms with Gasteiger partial charge >= 0.3 is 6.03 Å². The number of benzene rings is 1. The van der Waals surface area contributed by atoms with Gasteiger partial charge in [-0.15, -0.1) is 0 Å². The van der Waals surface area contributed by atoms with Crippen molar-refractivity contribution in [3.63, 3.8) is 0 Å². The summed E-state index contributed by atoms with van der Waals surface area (Å²) in [6.45, 7) is 0.382. The normalized spacial score (nSPS) is 17.1. The molecule has 1 N–H and O–H groups in total. The predicted molar refractivity (Wildman–Crippen MR) is 91.8 cm³/mol. The molecule has 1 aromatic heterocycles. The number of likely N-dealkylation sites (N-methyl/N-ethyl adjacent to an activating group) is 1. The molecule has 1 saturated heterocycles. The Morgan fingerprint density at radius 3 is 2.92 bits per heavy atom. The third-order valence-electron chi connectivity index (χ3n) is 4.08. The summed E-state index contributed by atoms with van der Waals surface area (Å²) in [6.07, 6.45) is 3.19. The largest absolute Gasteiger partial charge is 0.350 e. The van der Waals surface area contributed by atoms with E-state index in [0.717, 1.165) is 0 Å². The van der Waals surface area contributed by atoms with E-state index in [4.69, 9.17) is 11.6 Å². The first kappa shape index (κ1) is 17.2. The monoisotopic (exact) mass is 362 g/mol. The maximum absolute atomic E-state index is 13.1. The molecular weight excluding hydrogens is 347 g/mol. The van der Waals surface area contributed by atoms with Crippen LogP contribution in [-0.2, 0) is 11.3 Å². The molecule has 1 aromatic carbocycles. The molecular formula is C17H16ClFN4O2. The maximum Gasteiger partial charge on any atom is 0.325 e. The number of amides is 3. The van der Waals surface area contributed by atoms with E-state index in [0.29, 0.717) is 11.3 Å². The minimum atomic E-state index is -0.632. The van der Waals surface area contributed by atoms with Crippen molar-refractivity contribution in [3.05, 3.63) is 59.1 Å². The standard InChI is InChI=1S/C17H16ClFN4O2/c1-22-15(10-23(17(22)25)13-3-2-6-20-9-13)16(24)21-8-11-4-5-12(19)7-14(11)18/h2-7,9,15H,8,10H2,1H3,(H,21,24)/t15-/m0/s1. The Morgan fingerprint density at radius 2 is 2.24 bits per heavy atom. The van der Waals surface area contributed by atoms with Crippen molar-refractivity contribution >= 4 is 29.2 Å². The van der Waals surface area contributed by atoms with Gasteiger partial charge in [-0.1, -0.05) is 17.7 Å². The lowest BCUT2D eigenvalue weighted by Gasteiger charge is -2.17. The second kappa shape index (κ2) is 7.06. The van der Waals surface area contributed by atoms with E-state index in [2.05, 4.69) is 10.3 Å². The van der Waals surface area contributed by atoms with Crippen LogP contribution in [0.3, 0.4) is 0 Å². The van der Waals surface area contributed by atoms with Crippen LogP contribution in [0.25, 0.3) is 0 Å². The average Bonchev–Trinajstić information content (AvgIpc) is 2.90. The molecule has 25 heavy (non-hydrogen) atoms. The van der Waals surface area contributed by atoms with Gasteiger partial charge in [0, 0.05) is 24.8 Å². The van der Waals surface area contributed by atoms with Crippen LogP contribution in [0.5, 0.6) is 0 Å². The maximum atomic E-state index is 13.1. The molecule has 0 saturated carbocycles. The summed E-state index contributed by atoms with van der Waals surface area (Å²) in [5.74, 6) is -0.740. The van der Waals surface area contributed by atoms with E-state index in [1.54, 1.807) is 31.6 Å². The second-order valence-corrected chi connectivity index (χ2v) is 6.09. The third-order valence-corrected chi connectivity index (χ3v) is 4.44. The topological polar surface area (TPSA) is 65.5 Å². The molecule has 1 aliphatic rings. The first-order valence-electron chi connectivity index (χ1n) is 7.63. The zero-order valence-electron chi connectivity index (χ0n) is 13.4. The lowest BCUT2D eigenvalue weighted by atomic mass is 10.2. The first-order valence-corrected chi connectivity index (χ1v) is 8.01. The van der Waals surface area contributed by atoms with Gasteiger partial charge in [0.2, 0.25) is 5.91 Å². The minimum Gasteiger partial charge on any atom is -0.350 e. The molecule has 2 aromatic rings. The fraction of sp³-hybridized carbons (Fsp3) is 0.235. The number of halogens is 2. The summed E-state index contributed by atoms with van der Waals surface area (Å²) < 4.78 is 13.1. The lowest BCUT2D eigenvalue weighted by Crippen LogP contribution is -2.43. The van der Waals surface area contributed by atoms with E-state index in [9.17, 15) is 14.0 Å². The third kappa shape index (κ3) is 3.56. The van der Waals surface area contributed by atoms with Crippen LogP contribution in [0, 0.1) is 5.82 Å². The van der Waals surface area contributed by atoms with Crippen molar-refractivity contribution in [2.75, 3.05) is 18.5 Å². The van der Waals surface area contributed by atoms with Gasteiger partial charge in [-0.3, -0.25) is 14.7 Å². The Hall–Kier alpha value is -2.67. The summed E-state index contributed by atoms with van der Waals surface area (Å²) in [5.41, 5.74) is 1.24. The van der Waals surface area contributed by atoms with Gasteiger partial charge in [-0.05, 0) is 29.8 Å². The number of urea groups is 1. The van der Waals surface area contributed by atoms with Gasteiger partial charge in [0.05, 0.1) is 18.4 Å². The number of carbonyl (C=O) groups is 2. The highest BCUT2D eigenvalue weighted by Crippen LogP contribution is 2.22. The number of aromatic nitrogens is 1. The molecule has 8 heteroatoms. The summed E-state index contributed by atoms with van der Waals surface area (Å²) in [6, 6.07) is 6.58. The van der Waals surface area contributed by atoms with Crippen LogP contribution in [-0.4, -0.2) is 41.5 Å². The summed E-state index contributed by atoms with van der Waals surface area (Å²) in [7, 11) is 1.58. The molecule has 0 aliphatic carbocycles. The summed E-state index contributed by atoms with van der Waals surface area (Å²) >= 11 is 5.96. The first-order chi connectivity index (χ1) is 12.0. The molecule has 1 atom stereocenters. The lowest BCUT2D eigenvalue weighted by molar-refractivity contribution is -0.124. The number of pyridine rings is 1. The molecule has 0 unspecified atom stereocenters. The molecule has 1 fully saturated rings. The van der Waals surface area contributed by atoms with Crippen LogP contribution in [0.15, 0.2) is 42.7 Å². The number of rotatable bonds is 4. The van der Waals surface area contributed by atoms with Gasteiger partial charge in [-0.25, -0.2) is 9.18 Å². The highest BCUT2D eigenvalue weighted by Gasteiger charge is 2.39. The van der Waals surface area contributed by atoms with Crippen LogP contribution < -0.4 is 10.2 Å². The van der Waals surface area contributed by atoms with Crippen LogP contribution in [0.1, 0.15) is 5.56 Å². The van der Waals surface area contributed by atoms with E-state index >= 15 is 0 Å². The van der Waals surface area contributed by atoms with Crippen molar-refractivity contribution in [2.45, 2.75) is 12.6 Å². The molecule has 3 rings (SSSR count). The Morgan fingerprint density at radius 1 is 1.44 bits per heavy atom. The minimum absolute atomic E-state index is 0.156. The van der Waals surface area contributed by atoms with E-state index < -0.39 is 11.9 Å². The quantitative estimate of drug-likeness (QED) is 0.908. The fourth-order valence-corrected chi connectivity index (χ4v) is 2.88. The number of hydrogen-bond donors (Lipinski definition) is 1. The van der Waals surface area contributed by atoms with Crippen molar-refractivity contribution in [1.82, 2.24) is 15.2 Å². The predicted octanol–water partition coefficient (Wildman–Crippen LogP) is 2.43. The van der Waals surface area contributed by atoms with Gasteiger partial charge in [0.15, 0.2) is 0 Å². The highest BCUT2D eigenvalue weighted by atomic mass is 35.5. The van der Waals surface area contributed by atoms with Gasteiger partial charge in [0.25, 0.3) is 0 Å². The van der Waals surface area contributed by atoms with Crippen LogP contribution in [0.4, 0.5) is 14.9 Å². The Balaban J connectivity index is 1.67. The summed E-state index contributed by atoms with van der Waals surface area (Å²) in [4.78, 5) is 31.7. The number of hydrogen-bond acceptors (Lipinski definition) is 3. The van der Waals surface area contributed by atoms with Crippen molar-refractivity contribution in [1.29, 1.82) is 0 Å². The zero-order chi connectivity index (χ0) is 18.0. The number of nitrogens with one attached hydrogen (secondary N) is 1. The van der Waals surface area contributed by atoms with Crippen molar-refractivity contribution in [2.24, 2.45) is 0 Å². The van der Waals surface area contributed by atoms with Gasteiger partial charge < -0.3 is 10.2 Å². The van der Waals surface area contributed by atoms with Crippen molar-refractivity contribution in [3.8, 4) is 0 Å². The molecule has 3 amide bonds. The van der Waals surface area contributed by atoms with E-state index in [1.165, 1.54) is 28.0 Å². The number of carbonyl (C=O) groups excluding carboxylic acids is 2. The number of nitrogens with zero attached hydrogens (tertiary/aromatic N) is 3. The smallest absolute Gasteiger partial charge is 0.325 e. The van der Waals surface area contributed by atoms with Gasteiger partial charge in [-0.2, -0.15) is 0 Å².